The summed E-state index contributed by atoms with van der Waals surface area (Å²) in [5, 5.41) is 19.6. The van der Waals surface area contributed by atoms with Crippen molar-refractivity contribution in [2.75, 3.05) is 19.5 Å². The van der Waals surface area contributed by atoms with Gasteiger partial charge in [-0.2, -0.15) is 4.98 Å². The predicted octanol–water partition coefficient (Wildman–Crippen LogP) is -0.511. The number of aliphatic hydroxyl groups excluding tert-OH is 2. The molecule has 3 aromatic rings. The summed E-state index contributed by atoms with van der Waals surface area (Å²) in [4.78, 5) is 21.4. The number of aromatic nitrogens is 4. The fourth-order valence-electron chi connectivity index (χ4n) is 3.47. The summed E-state index contributed by atoms with van der Waals surface area (Å²) in [7, 11) is 1.43. The van der Waals surface area contributed by atoms with Crippen molar-refractivity contribution in [1.82, 2.24) is 19.1 Å². The number of fused-ring (bicyclic) bond motifs is 1. The van der Waals surface area contributed by atoms with E-state index in [-0.39, 0.29) is 35.8 Å². The minimum atomic E-state index is -1.03. The number of hydrogen-bond donors (Lipinski definition) is 3. The Balaban J connectivity index is 1.76. The van der Waals surface area contributed by atoms with E-state index in [1.54, 1.807) is 0 Å². The van der Waals surface area contributed by atoms with Crippen LogP contribution in [0.15, 0.2) is 41.5 Å². The lowest BCUT2D eigenvalue weighted by Crippen LogP contribution is -2.34. The van der Waals surface area contributed by atoms with E-state index in [1.807, 2.05) is 30.3 Å². The molecule has 10 nitrogen and oxygen atoms in total. The molecule has 1 aliphatic heterocycles. The third kappa shape index (κ3) is 2.96. The second-order valence-electron chi connectivity index (χ2n) is 6.61. The highest BCUT2D eigenvalue weighted by molar-refractivity contribution is 5.71. The molecule has 1 aromatic carbocycles. The topological polar surface area (TPSA) is 138 Å². The smallest absolute Gasteiger partial charge is 0.283 e. The highest BCUT2D eigenvalue weighted by Gasteiger charge is 2.45. The van der Waals surface area contributed by atoms with E-state index < -0.39 is 24.5 Å². The Morgan fingerprint density at radius 2 is 2.07 bits per heavy atom. The number of anilines is 1. The maximum atomic E-state index is 12.9. The summed E-state index contributed by atoms with van der Waals surface area (Å²) >= 11 is 0. The number of nitrogens with zero attached hydrogens (tertiary/aromatic N) is 4. The van der Waals surface area contributed by atoms with E-state index in [9.17, 15) is 15.0 Å². The van der Waals surface area contributed by atoms with Crippen molar-refractivity contribution in [3.8, 4) is 0 Å². The Kier molecular flexibility index (Phi) is 4.85. The van der Waals surface area contributed by atoms with Crippen LogP contribution >= 0.6 is 0 Å². The van der Waals surface area contributed by atoms with Gasteiger partial charge in [0, 0.05) is 7.11 Å². The zero-order chi connectivity index (χ0) is 19.8. The van der Waals surface area contributed by atoms with Gasteiger partial charge in [-0.3, -0.25) is 13.9 Å². The summed E-state index contributed by atoms with van der Waals surface area (Å²) in [6.45, 7) is -0.100. The van der Waals surface area contributed by atoms with E-state index in [4.69, 9.17) is 15.2 Å². The molecule has 2 aromatic heterocycles. The maximum absolute atomic E-state index is 12.9. The van der Waals surface area contributed by atoms with Crippen LogP contribution in [0.5, 0.6) is 0 Å². The zero-order valence-electron chi connectivity index (χ0n) is 15.2. The largest absolute Gasteiger partial charge is 0.394 e. The Labute approximate surface area is 159 Å². The van der Waals surface area contributed by atoms with Crippen molar-refractivity contribution < 1.29 is 19.7 Å². The van der Waals surface area contributed by atoms with Gasteiger partial charge in [-0.15, -0.1) is 0 Å². The molecule has 28 heavy (non-hydrogen) atoms. The van der Waals surface area contributed by atoms with Gasteiger partial charge in [-0.25, -0.2) is 4.98 Å². The van der Waals surface area contributed by atoms with Gasteiger partial charge < -0.3 is 25.4 Å². The third-order valence-corrected chi connectivity index (χ3v) is 4.93. The molecule has 3 heterocycles. The van der Waals surface area contributed by atoms with E-state index in [2.05, 4.69) is 9.97 Å². The van der Waals surface area contributed by atoms with Crippen molar-refractivity contribution in [3.63, 3.8) is 0 Å². The van der Waals surface area contributed by atoms with Crippen LogP contribution in [0.1, 0.15) is 11.8 Å². The molecule has 0 unspecified atom stereocenters. The van der Waals surface area contributed by atoms with E-state index in [0.29, 0.717) is 0 Å². The zero-order valence-corrected chi connectivity index (χ0v) is 15.2. The van der Waals surface area contributed by atoms with Gasteiger partial charge in [0.05, 0.1) is 19.5 Å². The minimum absolute atomic E-state index is 0.0364. The number of rotatable bonds is 5. The molecule has 10 heteroatoms. The average molecular weight is 387 g/mol. The van der Waals surface area contributed by atoms with E-state index in [1.165, 1.54) is 22.6 Å². The molecular weight excluding hydrogens is 366 g/mol. The van der Waals surface area contributed by atoms with Crippen molar-refractivity contribution in [3.05, 3.63) is 52.6 Å². The van der Waals surface area contributed by atoms with E-state index >= 15 is 0 Å². The number of imidazole rings is 1. The lowest BCUT2D eigenvalue weighted by molar-refractivity contribution is -0.0583. The van der Waals surface area contributed by atoms with Crippen LogP contribution < -0.4 is 11.3 Å². The summed E-state index contributed by atoms with van der Waals surface area (Å²) in [6, 6.07) is 9.42. The van der Waals surface area contributed by atoms with Gasteiger partial charge in [0.2, 0.25) is 5.95 Å². The van der Waals surface area contributed by atoms with Gasteiger partial charge in [0.1, 0.15) is 18.3 Å². The molecule has 0 spiro atoms. The first kappa shape index (κ1) is 18.6. The standard InChI is InChI=1S/C18H21N5O5/c1-27-14-13(25)11(8-24)28-17(14)23-9-20-12-15(23)21-18(19)22(16(12)26)7-10-5-3-2-4-6-10/h2-6,9,11,13-14,17,24-25H,7-8H2,1H3,(H2,19,21)/t11-,13-,14-,17-/m1/s1. The normalized spacial score (nSPS) is 24.8. The molecule has 1 aliphatic rings. The van der Waals surface area contributed by atoms with Crippen molar-refractivity contribution in [1.29, 1.82) is 0 Å². The van der Waals surface area contributed by atoms with Crippen LogP contribution in [0.4, 0.5) is 5.95 Å². The summed E-state index contributed by atoms with van der Waals surface area (Å²) in [5.41, 5.74) is 6.94. The molecule has 4 N–H and O–H groups in total. The first-order valence-electron chi connectivity index (χ1n) is 8.79. The Morgan fingerprint density at radius 1 is 1.32 bits per heavy atom. The van der Waals surface area contributed by atoms with Crippen LogP contribution in [-0.2, 0) is 16.0 Å². The van der Waals surface area contributed by atoms with E-state index in [0.717, 1.165) is 5.56 Å². The molecule has 4 rings (SSSR count). The summed E-state index contributed by atoms with van der Waals surface area (Å²) < 4.78 is 13.9. The molecule has 1 saturated heterocycles. The first-order chi connectivity index (χ1) is 13.5. The van der Waals surface area contributed by atoms with Gasteiger partial charge in [0.25, 0.3) is 5.56 Å². The molecule has 1 fully saturated rings. The van der Waals surface area contributed by atoms with Crippen molar-refractivity contribution >= 4 is 17.1 Å². The molecule has 0 aliphatic carbocycles. The van der Waals surface area contributed by atoms with Crippen LogP contribution in [0.2, 0.25) is 0 Å². The van der Waals surface area contributed by atoms with Gasteiger partial charge in [-0.1, -0.05) is 30.3 Å². The van der Waals surface area contributed by atoms with Gasteiger partial charge in [0.15, 0.2) is 17.4 Å². The molecule has 0 saturated carbocycles. The van der Waals surface area contributed by atoms with Gasteiger partial charge >= 0.3 is 0 Å². The second-order valence-corrected chi connectivity index (χ2v) is 6.61. The monoisotopic (exact) mass is 387 g/mol. The van der Waals surface area contributed by atoms with Crippen molar-refractivity contribution in [2.45, 2.75) is 31.1 Å². The average Bonchev–Trinajstić information content (AvgIpc) is 3.26. The Morgan fingerprint density at radius 3 is 2.75 bits per heavy atom. The molecule has 0 amide bonds. The minimum Gasteiger partial charge on any atom is -0.394 e. The maximum Gasteiger partial charge on any atom is 0.283 e. The molecule has 4 atom stereocenters. The first-order valence-corrected chi connectivity index (χ1v) is 8.79. The van der Waals surface area contributed by atoms with Gasteiger partial charge in [-0.05, 0) is 5.56 Å². The van der Waals surface area contributed by atoms with Crippen molar-refractivity contribution in [2.24, 2.45) is 0 Å². The number of nitrogens with two attached hydrogens (primary N) is 1. The highest BCUT2D eigenvalue weighted by Crippen LogP contribution is 2.32. The fourth-order valence-corrected chi connectivity index (χ4v) is 3.47. The second kappa shape index (κ2) is 7.32. The molecule has 148 valence electrons. The molecule has 0 radical (unpaired) electrons. The SMILES string of the molecule is CO[C@@H]1[C@H](O)[C@@H](CO)O[C@H]1n1cnc2c(=O)n(Cc3ccccc3)c(N)nc21. The van der Waals surface area contributed by atoms with Crippen LogP contribution in [0.3, 0.4) is 0 Å². The number of methoxy groups -OCH3 is 1. The van der Waals surface area contributed by atoms with Crippen LogP contribution in [-0.4, -0.2) is 61.3 Å². The number of nitrogen functional groups attached to an aromatic ring is 1. The predicted molar refractivity (Wildman–Crippen MR) is 99.5 cm³/mol. The Bertz CT molecular complexity index is 1030. The summed E-state index contributed by atoms with van der Waals surface area (Å²) in [5.74, 6) is 0.0364. The quantitative estimate of drug-likeness (QED) is 0.532. The molecule has 0 bridgehead atoms. The number of aliphatic hydroxyl groups is 2. The lowest BCUT2D eigenvalue weighted by atomic mass is 10.1. The third-order valence-electron chi connectivity index (χ3n) is 4.93. The van der Waals surface area contributed by atoms with Crippen LogP contribution in [0.25, 0.3) is 11.2 Å². The summed E-state index contributed by atoms with van der Waals surface area (Å²) in [6.07, 6.45) is -2.02. The fraction of sp³-hybridized carbons (Fsp3) is 0.389. The number of ether oxygens (including phenoxy) is 2. The number of hydrogen-bond acceptors (Lipinski definition) is 8. The highest BCUT2D eigenvalue weighted by atomic mass is 16.6. The number of benzene rings is 1. The lowest BCUT2D eigenvalue weighted by Gasteiger charge is -2.20. The Hall–Kier alpha value is -2.79. The van der Waals surface area contributed by atoms with Crippen LogP contribution in [0, 0.1) is 0 Å². The molecular formula is C18H21N5O5.